The van der Waals surface area contributed by atoms with Gasteiger partial charge in [0.1, 0.15) is 5.75 Å². The molecule has 0 aliphatic heterocycles. The maximum Gasteiger partial charge on any atom is 0.132 e. The van der Waals surface area contributed by atoms with Gasteiger partial charge in [0.25, 0.3) is 0 Å². The van der Waals surface area contributed by atoms with Gasteiger partial charge in [0.15, 0.2) is 0 Å². The van der Waals surface area contributed by atoms with Crippen LogP contribution in [0.4, 0.5) is 0 Å². The summed E-state index contributed by atoms with van der Waals surface area (Å²) in [6.07, 6.45) is 1.80. The van der Waals surface area contributed by atoms with E-state index >= 15 is 0 Å². The Bertz CT molecular complexity index is 339. The van der Waals surface area contributed by atoms with Crippen molar-refractivity contribution in [1.82, 2.24) is 0 Å². The Morgan fingerprint density at radius 1 is 1.47 bits per heavy atom. The summed E-state index contributed by atoms with van der Waals surface area (Å²) < 4.78 is 0.779. The van der Waals surface area contributed by atoms with E-state index in [4.69, 9.17) is 5.73 Å². The van der Waals surface area contributed by atoms with Gasteiger partial charge in [0.05, 0.1) is 4.47 Å². The lowest BCUT2D eigenvalue weighted by atomic mass is 9.98. The van der Waals surface area contributed by atoms with Crippen molar-refractivity contribution in [2.24, 2.45) is 11.7 Å². The largest absolute Gasteiger partial charge is 0.506 e. The highest BCUT2D eigenvalue weighted by atomic mass is 79.9. The summed E-state index contributed by atoms with van der Waals surface area (Å²) in [5.41, 5.74) is 7.81. The Morgan fingerprint density at radius 2 is 2.13 bits per heavy atom. The number of halogens is 1. The van der Waals surface area contributed by atoms with E-state index in [1.165, 1.54) is 5.56 Å². The monoisotopic (exact) mass is 271 g/mol. The molecule has 1 atom stereocenters. The number of phenolic OH excluding ortho intramolecular Hbond substituents is 1. The number of aromatic hydroxyl groups is 1. The molecule has 0 aliphatic carbocycles. The second-order valence-corrected chi connectivity index (χ2v) is 4.84. The van der Waals surface area contributed by atoms with Crippen molar-refractivity contribution in [3.8, 4) is 5.75 Å². The van der Waals surface area contributed by atoms with Gasteiger partial charge in [-0.15, -0.1) is 0 Å². The molecule has 0 spiro atoms. The predicted octanol–water partition coefficient (Wildman–Crippen LogP) is 2.85. The maximum absolute atomic E-state index is 9.87. The molecule has 3 N–H and O–H groups in total. The third-order valence-corrected chi connectivity index (χ3v) is 3.19. The van der Waals surface area contributed by atoms with Gasteiger partial charge in [-0.25, -0.2) is 0 Å². The van der Waals surface area contributed by atoms with Crippen LogP contribution in [-0.4, -0.2) is 11.7 Å². The van der Waals surface area contributed by atoms with Crippen molar-refractivity contribution in [2.75, 3.05) is 6.54 Å². The van der Waals surface area contributed by atoms with Crippen LogP contribution >= 0.6 is 15.9 Å². The lowest BCUT2D eigenvalue weighted by molar-refractivity contribution is 0.456. The number of hydrogen-bond donors (Lipinski definition) is 2. The van der Waals surface area contributed by atoms with E-state index in [1.54, 1.807) is 0 Å². The first-order valence-corrected chi connectivity index (χ1v) is 6.08. The van der Waals surface area contributed by atoms with Crippen molar-refractivity contribution >= 4 is 15.9 Å². The standard InChI is InChI=1S/C12H18BrNO/c1-3-9-5-10(4-8(2)7-14)12(15)11(13)6-9/h5-6,8,15H,3-4,7,14H2,1-2H3. The Labute approximate surface area is 99.6 Å². The fraction of sp³-hybridized carbons (Fsp3) is 0.500. The fourth-order valence-electron chi connectivity index (χ4n) is 1.54. The van der Waals surface area contributed by atoms with Crippen molar-refractivity contribution in [2.45, 2.75) is 26.7 Å². The molecule has 0 radical (unpaired) electrons. The van der Waals surface area contributed by atoms with Crippen LogP contribution in [0.25, 0.3) is 0 Å². The van der Waals surface area contributed by atoms with Crippen molar-refractivity contribution in [3.63, 3.8) is 0 Å². The average Bonchev–Trinajstić information content (AvgIpc) is 2.24. The topological polar surface area (TPSA) is 46.2 Å². The minimum absolute atomic E-state index is 0.354. The molecule has 3 heteroatoms. The maximum atomic E-state index is 9.87. The van der Waals surface area contributed by atoms with Crippen LogP contribution in [0.5, 0.6) is 5.75 Å². The van der Waals surface area contributed by atoms with Crippen molar-refractivity contribution < 1.29 is 5.11 Å². The smallest absolute Gasteiger partial charge is 0.132 e. The van der Waals surface area contributed by atoms with Crippen LogP contribution in [0, 0.1) is 5.92 Å². The summed E-state index contributed by atoms with van der Waals surface area (Å²) in [6.45, 7) is 4.84. The minimum Gasteiger partial charge on any atom is -0.506 e. The highest BCUT2D eigenvalue weighted by molar-refractivity contribution is 9.10. The molecule has 0 aromatic heterocycles. The molecule has 0 saturated carbocycles. The zero-order valence-electron chi connectivity index (χ0n) is 9.26. The molecule has 1 aromatic rings. The van der Waals surface area contributed by atoms with Crippen LogP contribution < -0.4 is 5.73 Å². The van der Waals surface area contributed by atoms with Crippen LogP contribution in [0.2, 0.25) is 0 Å². The SMILES string of the molecule is CCc1cc(Br)c(O)c(CC(C)CN)c1. The Kier molecular flexibility index (Phi) is 4.61. The molecule has 15 heavy (non-hydrogen) atoms. The minimum atomic E-state index is 0.354. The highest BCUT2D eigenvalue weighted by Crippen LogP contribution is 2.31. The van der Waals surface area contributed by atoms with E-state index in [-0.39, 0.29) is 0 Å². The lowest BCUT2D eigenvalue weighted by Gasteiger charge is -2.12. The summed E-state index contributed by atoms with van der Waals surface area (Å²) in [6, 6.07) is 4.03. The van der Waals surface area contributed by atoms with Crippen LogP contribution in [0.1, 0.15) is 25.0 Å². The number of hydrogen-bond acceptors (Lipinski definition) is 2. The quantitative estimate of drug-likeness (QED) is 0.885. The van der Waals surface area contributed by atoms with Crippen LogP contribution in [-0.2, 0) is 12.8 Å². The van der Waals surface area contributed by atoms with Gasteiger partial charge >= 0.3 is 0 Å². The van der Waals surface area contributed by atoms with Gasteiger partial charge in [-0.1, -0.05) is 19.9 Å². The van der Waals surface area contributed by atoms with Gasteiger partial charge in [-0.05, 0) is 58.4 Å². The number of benzene rings is 1. The second kappa shape index (κ2) is 5.52. The molecule has 1 rings (SSSR count). The third kappa shape index (κ3) is 3.21. The van der Waals surface area contributed by atoms with E-state index in [0.29, 0.717) is 18.2 Å². The fourth-order valence-corrected chi connectivity index (χ4v) is 2.09. The molecule has 0 heterocycles. The summed E-state index contributed by atoms with van der Waals surface area (Å²) in [5.74, 6) is 0.752. The molecule has 0 fully saturated rings. The Hall–Kier alpha value is -0.540. The zero-order valence-corrected chi connectivity index (χ0v) is 10.8. The van der Waals surface area contributed by atoms with Gasteiger partial charge in [0, 0.05) is 0 Å². The van der Waals surface area contributed by atoms with E-state index < -0.39 is 0 Å². The number of nitrogens with two attached hydrogens (primary N) is 1. The van der Waals surface area contributed by atoms with Gasteiger partial charge in [0.2, 0.25) is 0 Å². The molecular formula is C12H18BrNO. The van der Waals surface area contributed by atoms with Gasteiger partial charge < -0.3 is 10.8 Å². The normalized spacial score (nSPS) is 12.8. The second-order valence-electron chi connectivity index (χ2n) is 3.98. The molecule has 0 amide bonds. The first-order chi connectivity index (χ1) is 7.08. The van der Waals surface area contributed by atoms with Crippen LogP contribution in [0.15, 0.2) is 16.6 Å². The number of aryl methyl sites for hydroxylation is 1. The van der Waals surface area contributed by atoms with E-state index in [1.807, 2.05) is 6.07 Å². The van der Waals surface area contributed by atoms with Gasteiger partial charge in [-0.3, -0.25) is 0 Å². The molecular weight excluding hydrogens is 254 g/mol. The van der Waals surface area contributed by atoms with E-state index in [9.17, 15) is 5.11 Å². The van der Waals surface area contributed by atoms with E-state index in [2.05, 4.69) is 35.8 Å². The summed E-state index contributed by atoms with van der Waals surface area (Å²) >= 11 is 3.37. The average molecular weight is 272 g/mol. The van der Waals surface area contributed by atoms with Crippen molar-refractivity contribution in [1.29, 1.82) is 0 Å². The zero-order chi connectivity index (χ0) is 11.4. The Morgan fingerprint density at radius 3 is 2.67 bits per heavy atom. The molecule has 1 aromatic carbocycles. The lowest BCUT2D eigenvalue weighted by Crippen LogP contribution is -2.13. The number of rotatable bonds is 4. The molecule has 0 saturated heterocycles. The number of phenols is 1. The van der Waals surface area contributed by atoms with Crippen molar-refractivity contribution in [3.05, 3.63) is 27.7 Å². The molecule has 84 valence electrons. The molecule has 2 nitrogen and oxygen atoms in total. The summed E-state index contributed by atoms with van der Waals surface area (Å²) in [7, 11) is 0. The molecule has 0 aliphatic rings. The predicted molar refractivity (Wildman–Crippen MR) is 67.1 cm³/mol. The van der Waals surface area contributed by atoms with E-state index in [0.717, 1.165) is 22.9 Å². The molecule has 1 unspecified atom stereocenters. The molecule has 0 bridgehead atoms. The Balaban J connectivity index is 2.99. The first kappa shape index (κ1) is 12.5. The van der Waals surface area contributed by atoms with Crippen LogP contribution in [0.3, 0.4) is 0 Å². The first-order valence-electron chi connectivity index (χ1n) is 5.28. The third-order valence-electron chi connectivity index (χ3n) is 2.58. The highest BCUT2D eigenvalue weighted by Gasteiger charge is 2.10. The van der Waals surface area contributed by atoms with Gasteiger partial charge in [-0.2, -0.15) is 0 Å². The summed E-state index contributed by atoms with van der Waals surface area (Å²) in [5, 5.41) is 9.87. The summed E-state index contributed by atoms with van der Waals surface area (Å²) in [4.78, 5) is 0.